The number of benzene rings is 4. The smallest absolute Gasteiger partial charge is 0.338 e. The van der Waals surface area contributed by atoms with Gasteiger partial charge in [-0.3, -0.25) is 0 Å². The third kappa shape index (κ3) is 9.41. The van der Waals surface area contributed by atoms with Crippen molar-refractivity contribution in [2.24, 2.45) is 0 Å². The summed E-state index contributed by atoms with van der Waals surface area (Å²) in [5, 5.41) is 43.9. The second-order valence-electron chi connectivity index (χ2n) is 12.5. The van der Waals surface area contributed by atoms with Crippen LogP contribution >= 0.6 is 0 Å². The maximum atomic E-state index is 13.6. The predicted octanol–water partition coefficient (Wildman–Crippen LogP) is 2.06. The Morgan fingerprint density at radius 1 is 0.491 bits per heavy atom. The number of rotatable bonds is 12. The topological polar surface area (TPSA) is 214 Å². The summed E-state index contributed by atoms with van der Waals surface area (Å²) in [5.74, 6) is -3.60. The molecule has 2 aliphatic heterocycles. The minimum Gasteiger partial charge on any atom is -0.459 e. The Kier molecular flexibility index (Phi) is 13.0. The molecule has 2 saturated heterocycles. The van der Waals surface area contributed by atoms with Crippen molar-refractivity contribution in [1.82, 2.24) is 0 Å². The highest BCUT2D eigenvalue weighted by Crippen LogP contribution is 2.33. The third-order valence-corrected chi connectivity index (χ3v) is 8.87. The van der Waals surface area contributed by atoms with Crippen molar-refractivity contribution in [1.29, 1.82) is 0 Å². The summed E-state index contributed by atoms with van der Waals surface area (Å²) >= 11 is 0. The quantitative estimate of drug-likeness (QED) is 0.120. The summed E-state index contributed by atoms with van der Waals surface area (Å²) in [7, 11) is 0. The highest BCUT2D eigenvalue weighted by Gasteiger charge is 2.55. The number of aliphatic hydroxyl groups is 4. The minimum atomic E-state index is -2.00. The van der Waals surface area contributed by atoms with Gasteiger partial charge >= 0.3 is 23.9 Å². The molecular weight excluding hydrogens is 720 g/mol. The van der Waals surface area contributed by atoms with Crippen molar-refractivity contribution < 1.29 is 72.8 Å². The number of carbonyl (C=O) groups is 4. The van der Waals surface area contributed by atoms with Crippen LogP contribution in [0, 0.1) is 0 Å². The predicted molar refractivity (Wildman–Crippen MR) is 187 cm³/mol. The molecule has 2 fully saturated rings. The van der Waals surface area contributed by atoms with Crippen LogP contribution in [0.25, 0.3) is 0 Å². The zero-order valence-corrected chi connectivity index (χ0v) is 29.0. The van der Waals surface area contributed by atoms with E-state index in [4.69, 9.17) is 33.2 Å². The molecule has 0 saturated carbocycles. The van der Waals surface area contributed by atoms with E-state index in [-0.39, 0.29) is 22.3 Å². The Morgan fingerprint density at radius 3 is 1.36 bits per heavy atom. The van der Waals surface area contributed by atoms with Gasteiger partial charge in [0.05, 0.1) is 28.9 Å². The zero-order valence-electron chi connectivity index (χ0n) is 29.0. The first-order valence-electron chi connectivity index (χ1n) is 17.3. The molecule has 0 amide bonds. The monoisotopic (exact) mass is 758 g/mol. The molecule has 6 rings (SSSR count). The lowest BCUT2D eigenvalue weighted by atomic mass is 9.96. The molecule has 10 atom stereocenters. The van der Waals surface area contributed by atoms with Crippen LogP contribution in [0.1, 0.15) is 41.4 Å². The number of carbonyl (C=O) groups excluding carboxylic acids is 4. The normalized spacial score (nSPS) is 27.6. The summed E-state index contributed by atoms with van der Waals surface area (Å²) in [6.07, 6.45) is -17.5. The van der Waals surface area contributed by atoms with Gasteiger partial charge in [-0.2, -0.15) is 0 Å². The zero-order chi connectivity index (χ0) is 38.9. The molecule has 4 aromatic rings. The van der Waals surface area contributed by atoms with E-state index >= 15 is 0 Å². The van der Waals surface area contributed by atoms with Gasteiger partial charge in [-0.25, -0.2) is 19.2 Å². The molecule has 0 bridgehead atoms. The van der Waals surface area contributed by atoms with Crippen LogP contribution in [0.15, 0.2) is 121 Å². The molecule has 2 heterocycles. The van der Waals surface area contributed by atoms with Crippen LogP contribution in [0.5, 0.6) is 0 Å². The summed E-state index contributed by atoms with van der Waals surface area (Å²) in [4.78, 5) is 53.0. The van der Waals surface area contributed by atoms with Crippen LogP contribution in [0.3, 0.4) is 0 Å². The number of ether oxygens (including phenoxy) is 7. The standard InChI is InChI=1S/C40H38O15/c41-21-27-29(42)32(52-36(45)24-15-7-2-8-16-24)30(43)40(51-27)55-31-28(22-49-35(44)23-13-5-1-6-14-23)50-39(48)34(54-38(47)26-19-11-4-12-20-26)33(31)53-37(46)25-17-9-3-10-18-25/h1-20,27-34,39-43,48H,21-22H2/t27-,28-,29+,30+,31-,32+,33+,34+,39+,40+/m1/s1. The number of aliphatic hydroxyl groups excluding tert-OH is 4. The second-order valence-corrected chi connectivity index (χ2v) is 12.5. The highest BCUT2D eigenvalue weighted by atomic mass is 16.7. The maximum Gasteiger partial charge on any atom is 0.338 e. The van der Waals surface area contributed by atoms with Gasteiger partial charge in [0.15, 0.2) is 30.9 Å². The van der Waals surface area contributed by atoms with Gasteiger partial charge < -0.3 is 53.6 Å². The van der Waals surface area contributed by atoms with E-state index in [1.54, 1.807) is 72.8 Å². The second kappa shape index (κ2) is 18.2. The fourth-order valence-electron chi connectivity index (χ4n) is 6.03. The Bertz CT molecular complexity index is 1880. The van der Waals surface area contributed by atoms with Crippen LogP contribution in [0.2, 0.25) is 0 Å². The van der Waals surface area contributed by atoms with Gasteiger partial charge in [0.2, 0.25) is 0 Å². The van der Waals surface area contributed by atoms with Gasteiger partial charge in [0.25, 0.3) is 0 Å². The SMILES string of the molecule is O=C(OC[C@H]1O[C@H](O)[C@@H](OC(=O)c2ccccc2)[C@@H](OC(=O)c2ccccc2)[C@@H]1O[C@@H]1O[C@H](CO)[C@H](O)[C@H](OC(=O)c2ccccc2)[C@@H]1O)c1ccccc1. The van der Waals surface area contributed by atoms with E-state index in [2.05, 4.69) is 0 Å². The highest BCUT2D eigenvalue weighted by molar-refractivity contribution is 5.91. The Hall–Kier alpha value is -5.52. The number of esters is 4. The number of hydrogen-bond donors (Lipinski definition) is 4. The molecule has 0 unspecified atom stereocenters. The minimum absolute atomic E-state index is 0.0627. The van der Waals surface area contributed by atoms with Crippen molar-refractivity contribution in [3.63, 3.8) is 0 Å². The third-order valence-electron chi connectivity index (χ3n) is 8.87. The number of hydrogen-bond acceptors (Lipinski definition) is 15. The lowest BCUT2D eigenvalue weighted by Gasteiger charge is -2.47. The molecule has 0 aromatic heterocycles. The first-order valence-corrected chi connectivity index (χ1v) is 17.3. The van der Waals surface area contributed by atoms with Crippen LogP contribution < -0.4 is 0 Å². The Morgan fingerprint density at radius 2 is 0.909 bits per heavy atom. The van der Waals surface area contributed by atoms with Crippen LogP contribution in [-0.4, -0.2) is 119 Å². The van der Waals surface area contributed by atoms with E-state index in [0.717, 1.165) is 0 Å². The Labute approximate surface area is 314 Å². The van der Waals surface area contributed by atoms with E-state index in [0.29, 0.717) is 0 Å². The largest absolute Gasteiger partial charge is 0.459 e. The maximum absolute atomic E-state index is 13.6. The summed E-state index contributed by atoms with van der Waals surface area (Å²) in [6, 6.07) is 31.1. The van der Waals surface area contributed by atoms with E-state index in [1.807, 2.05) is 0 Å². The first-order chi connectivity index (χ1) is 26.6. The molecule has 15 heteroatoms. The van der Waals surface area contributed by atoms with E-state index in [1.165, 1.54) is 48.5 Å². The van der Waals surface area contributed by atoms with Gasteiger partial charge in [-0.15, -0.1) is 0 Å². The van der Waals surface area contributed by atoms with Gasteiger partial charge in [-0.05, 0) is 48.5 Å². The fraction of sp³-hybridized carbons (Fsp3) is 0.300. The van der Waals surface area contributed by atoms with Crippen molar-refractivity contribution in [3.8, 4) is 0 Å². The summed E-state index contributed by atoms with van der Waals surface area (Å²) in [6.45, 7) is -1.47. The molecular formula is C40H38O15. The van der Waals surface area contributed by atoms with Crippen LogP contribution in [0.4, 0.5) is 0 Å². The fourth-order valence-corrected chi connectivity index (χ4v) is 6.03. The van der Waals surface area contributed by atoms with Gasteiger partial charge in [0.1, 0.15) is 37.1 Å². The van der Waals surface area contributed by atoms with Crippen LogP contribution in [-0.2, 0) is 33.2 Å². The van der Waals surface area contributed by atoms with Crippen molar-refractivity contribution in [2.45, 2.75) is 61.4 Å². The average Bonchev–Trinajstić information content (AvgIpc) is 3.22. The molecule has 55 heavy (non-hydrogen) atoms. The van der Waals surface area contributed by atoms with Gasteiger partial charge in [0, 0.05) is 0 Å². The van der Waals surface area contributed by atoms with E-state index in [9.17, 15) is 39.6 Å². The molecule has 2 aliphatic rings. The summed E-state index contributed by atoms with van der Waals surface area (Å²) < 4.78 is 40.4. The lowest BCUT2D eigenvalue weighted by Crippen LogP contribution is -2.66. The average molecular weight is 759 g/mol. The van der Waals surface area contributed by atoms with Crippen molar-refractivity contribution in [3.05, 3.63) is 144 Å². The Balaban J connectivity index is 1.35. The molecule has 288 valence electrons. The molecule has 0 aliphatic carbocycles. The molecule has 0 spiro atoms. The van der Waals surface area contributed by atoms with E-state index < -0.39 is 98.5 Å². The summed E-state index contributed by atoms with van der Waals surface area (Å²) in [5.41, 5.74) is 0.408. The first kappa shape index (κ1) is 39.2. The molecule has 4 aromatic carbocycles. The van der Waals surface area contributed by atoms with Crippen molar-refractivity contribution >= 4 is 23.9 Å². The molecule has 4 N–H and O–H groups in total. The molecule has 0 radical (unpaired) electrons. The molecule has 15 nitrogen and oxygen atoms in total. The van der Waals surface area contributed by atoms with Gasteiger partial charge in [-0.1, -0.05) is 72.8 Å². The lowest BCUT2D eigenvalue weighted by molar-refractivity contribution is -0.353. The van der Waals surface area contributed by atoms with Crippen molar-refractivity contribution in [2.75, 3.05) is 13.2 Å².